The number of fused-ring (bicyclic) bond motifs is 1. The van der Waals surface area contributed by atoms with Gasteiger partial charge in [-0.2, -0.15) is 0 Å². The second kappa shape index (κ2) is 5.76. The summed E-state index contributed by atoms with van der Waals surface area (Å²) in [5, 5.41) is 3.88. The van der Waals surface area contributed by atoms with Gasteiger partial charge in [-0.3, -0.25) is 0 Å². The van der Waals surface area contributed by atoms with Gasteiger partial charge in [0.1, 0.15) is 12.3 Å². The van der Waals surface area contributed by atoms with Gasteiger partial charge in [-0.1, -0.05) is 11.2 Å². The third-order valence-electron chi connectivity index (χ3n) is 4.01. The number of carbonyl (C=O) groups excluding carboxylic acids is 1. The standard InChI is InChI=1S/C18H15NO4/c20-18(14-7-6-12-3-1-4-13(12)9-14)22-11-15-10-17(23-19-15)16-5-2-8-21-16/h2,5-10H,1,3-4,11H2. The minimum atomic E-state index is -0.345. The minimum Gasteiger partial charge on any atom is -0.461 e. The van der Waals surface area contributed by atoms with Crippen molar-refractivity contribution in [2.45, 2.75) is 25.9 Å². The Bertz CT molecular complexity index is 833. The molecule has 5 nitrogen and oxygen atoms in total. The summed E-state index contributed by atoms with van der Waals surface area (Å²) in [5.41, 5.74) is 3.72. The van der Waals surface area contributed by atoms with Crippen LogP contribution in [0.5, 0.6) is 0 Å². The van der Waals surface area contributed by atoms with E-state index in [1.807, 2.05) is 18.2 Å². The number of carbonyl (C=O) groups is 1. The molecule has 0 N–H and O–H groups in total. The van der Waals surface area contributed by atoms with Crippen molar-refractivity contribution in [3.05, 3.63) is 65.0 Å². The summed E-state index contributed by atoms with van der Waals surface area (Å²) in [6.07, 6.45) is 4.85. The SMILES string of the molecule is O=C(OCc1cc(-c2ccco2)on1)c1ccc2c(c1)CCC2. The fourth-order valence-electron chi connectivity index (χ4n) is 2.84. The maximum atomic E-state index is 12.2. The van der Waals surface area contributed by atoms with E-state index in [0.29, 0.717) is 22.8 Å². The molecule has 0 radical (unpaired) electrons. The van der Waals surface area contributed by atoms with Crippen LogP contribution in [0.3, 0.4) is 0 Å². The van der Waals surface area contributed by atoms with Gasteiger partial charge in [0.25, 0.3) is 0 Å². The highest BCUT2D eigenvalue weighted by atomic mass is 16.5. The number of nitrogens with zero attached hydrogens (tertiary/aromatic N) is 1. The van der Waals surface area contributed by atoms with Gasteiger partial charge in [0.2, 0.25) is 5.76 Å². The predicted molar refractivity (Wildman–Crippen MR) is 81.8 cm³/mol. The van der Waals surface area contributed by atoms with E-state index in [0.717, 1.165) is 19.3 Å². The van der Waals surface area contributed by atoms with Crippen LogP contribution in [0.4, 0.5) is 0 Å². The topological polar surface area (TPSA) is 65.5 Å². The molecule has 0 amide bonds. The average molecular weight is 309 g/mol. The molecule has 0 fully saturated rings. The smallest absolute Gasteiger partial charge is 0.338 e. The van der Waals surface area contributed by atoms with Crippen molar-refractivity contribution in [1.29, 1.82) is 0 Å². The zero-order valence-corrected chi connectivity index (χ0v) is 12.5. The van der Waals surface area contributed by atoms with Gasteiger partial charge in [-0.25, -0.2) is 4.79 Å². The second-order valence-corrected chi connectivity index (χ2v) is 5.57. The molecule has 0 saturated heterocycles. The van der Waals surface area contributed by atoms with E-state index < -0.39 is 0 Å². The van der Waals surface area contributed by atoms with Crippen LogP contribution in [0.2, 0.25) is 0 Å². The third-order valence-corrected chi connectivity index (χ3v) is 4.01. The van der Waals surface area contributed by atoms with Gasteiger partial charge < -0.3 is 13.7 Å². The molecule has 1 aliphatic carbocycles. The summed E-state index contributed by atoms with van der Waals surface area (Å²) in [6.45, 7) is 0.0696. The summed E-state index contributed by atoms with van der Waals surface area (Å²) in [6, 6.07) is 11.0. The first kappa shape index (κ1) is 13.8. The van der Waals surface area contributed by atoms with Crippen LogP contribution in [-0.2, 0) is 24.2 Å². The molecule has 0 spiro atoms. The highest BCUT2D eigenvalue weighted by molar-refractivity contribution is 5.89. The highest BCUT2D eigenvalue weighted by Crippen LogP contribution is 2.24. The molecule has 4 rings (SSSR count). The predicted octanol–water partition coefficient (Wildman–Crippen LogP) is 3.78. The molecule has 2 heterocycles. The lowest BCUT2D eigenvalue weighted by atomic mass is 10.1. The van der Waals surface area contributed by atoms with Gasteiger partial charge in [-0.05, 0) is 54.7 Å². The first-order chi connectivity index (χ1) is 11.3. The van der Waals surface area contributed by atoms with E-state index in [1.165, 1.54) is 11.1 Å². The van der Waals surface area contributed by atoms with Crippen molar-refractivity contribution in [3.8, 4) is 11.5 Å². The summed E-state index contributed by atoms with van der Waals surface area (Å²) in [7, 11) is 0. The second-order valence-electron chi connectivity index (χ2n) is 5.57. The summed E-state index contributed by atoms with van der Waals surface area (Å²) >= 11 is 0. The molecular weight excluding hydrogens is 294 g/mol. The van der Waals surface area contributed by atoms with E-state index in [1.54, 1.807) is 24.5 Å². The Morgan fingerprint density at radius 1 is 1.13 bits per heavy atom. The van der Waals surface area contributed by atoms with Crippen molar-refractivity contribution in [3.63, 3.8) is 0 Å². The van der Waals surface area contributed by atoms with Gasteiger partial charge >= 0.3 is 5.97 Å². The molecule has 2 aromatic heterocycles. The highest BCUT2D eigenvalue weighted by Gasteiger charge is 2.16. The first-order valence-corrected chi connectivity index (χ1v) is 7.58. The molecule has 0 saturated carbocycles. The largest absolute Gasteiger partial charge is 0.461 e. The van der Waals surface area contributed by atoms with E-state index >= 15 is 0 Å². The average Bonchev–Trinajstić information content (AvgIpc) is 3.32. The zero-order valence-electron chi connectivity index (χ0n) is 12.5. The Morgan fingerprint density at radius 3 is 2.91 bits per heavy atom. The maximum Gasteiger partial charge on any atom is 0.338 e. The van der Waals surface area contributed by atoms with Crippen LogP contribution >= 0.6 is 0 Å². The van der Waals surface area contributed by atoms with E-state index in [2.05, 4.69) is 5.16 Å². The Balaban J connectivity index is 1.42. The molecular formula is C18H15NO4. The lowest BCUT2D eigenvalue weighted by molar-refractivity contribution is 0.0464. The van der Waals surface area contributed by atoms with Crippen molar-refractivity contribution >= 4 is 5.97 Å². The Labute approximate surface area is 132 Å². The summed E-state index contributed by atoms with van der Waals surface area (Å²) in [4.78, 5) is 12.2. The number of furan rings is 1. The molecule has 23 heavy (non-hydrogen) atoms. The van der Waals surface area contributed by atoms with E-state index in [-0.39, 0.29) is 12.6 Å². The minimum absolute atomic E-state index is 0.0696. The molecule has 0 atom stereocenters. The fraction of sp³-hybridized carbons (Fsp3) is 0.222. The van der Waals surface area contributed by atoms with Gasteiger partial charge in [-0.15, -0.1) is 0 Å². The van der Waals surface area contributed by atoms with Gasteiger partial charge in [0.15, 0.2) is 5.76 Å². The number of aryl methyl sites for hydroxylation is 2. The number of hydrogen-bond acceptors (Lipinski definition) is 5. The number of aromatic nitrogens is 1. The van der Waals surface area contributed by atoms with Crippen LogP contribution < -0.4 is 0 Å². The Kier molecular flexibility index (Phi) is 3.46. The number of ether oxygens (including phenoxy) is 1. The van der Waals surface area contributed by atoms with Gasteiger partial charge in [0.05, 0.1) is 11.8 Å². The zero-order chi connectivity index (χ0) is 15.6. The Morgan fingerprint density at radius 2 is 2.04 bits per heavy atom. The third kappa shape index (κ3) is 2.77. The summed E-state index contributed by atoms with van der Waals surface area (Å²) < 4.78 is 15.7. The molecule has 5 heteroatoms. The van der Waals surface area contributed by atoms with Gasteiger partial charge in [0, 0.05) is 6.07 Å². The van der Waals surface area contributed by atoms with Crippen LogP contribution in [0, 0.1) is 0 Å². The molecule has 0 unspecified atom stereocenters. The van der Waals surface area contributed by atoms with Crippen molar-refractivity contribution in [2.75, 3.05) is 0 Å². The molecule has 3 aromatic rings. The maximum absolute atomic E-state index is 12.2. The lowest BCUT2D eigenvalue weighted by Gasteiger charge is -2.05. The normalized spacial score (nSPS) is 13.0. The first-order valence-electron chi connectivity index (χ1n) is 7.58. The monoisotopic (exact) mass is 309 g/mol. The van der Waals surface area contributed by atoms with Crippen LogP contribution in [0.15, 0.2) is 51.6 Å². The molecule has 0 bridgehead atoms. The summed E-state index contributed by atoms with van der Waals surface area (Å²) in [5.74, 6) is 0.759. The van der Waals surface area contributed by atoms with Crippen molar-refractivity contribution in [1.82, 2.24) is 5.16 Å². The number of rotatable bonds is 4. The quantitative estimate of drug-likeness (QED) is 0.686. The molecule has 1 aliphatic rings. The molecule has 1 aromatic carbocycles. The van der Waals surface area contributed by atoms with Crippen LogP contribution in [0.1, 0.15) is 33.6 Å². The van der Waals surface area contributed by atoms with Crippen molar-refractivity contribution in [2.24, 2.45) is 0 Å². The van der Waals surface area contributed by atoms with Crippen LogP contribution in [0.25, 0.3) is 11.5 Å². The van der Waals surface area contributed by atoms with Crippen molar-refractivity contribution < 1.29 is 18.5 Å². The van der Waals surface area contributed by atoms with Crippen LogP contribution in [-0.4, -0.2) is 11.1 Å². The fourth-order valence-corrected chi connectivity index (χ4v) is 2.84. The number of benzene rings is 1. The lowest BCUT2D eigenvalue weighted by Crippen LogP contribution is -2.06. The van der Waals surface area contributed by atoms with E-state index in [9.17, 15) is 4.79 Å². The number of esters is 1. The Hall–Kier alpha value is -2.82. The number of hydrogen-bond donors (Lipinski definition) is 0. The molecule has 116 valence electrons. The van der Waals surface area contributed by atoms with E-state index in [4.69, 9.17) is 13.7 Å². The molecule has 0 aliphatic heterocycles.